The average molecular weight is 393 g/mol. The first kappa shape index (κ1) is 15.6. The summed E-state index contributed by atoms with van der Waals surface area (Å²) < 4.78 is 6.30. The van der Waals surface area contributed by atoms with Gasteiger partial charge in [-0.05, 0) is 77.0 Å². The molecule has 0 aliphatic carbocycles. The lowest BCUT2D eigenvalue weighted by Crippen LogP contribution is -2.08. The first-order valence-corrected chi connectivity index (χ1v) is 7.55. The van der Waals surface area contributed by atoms with Crippen LogP contribution in [0.4, 0.5) is 5.69 Å². The molecular formula is C17H16INO2. The number of benzene rings is 2. The van der Waals surface area contributed by atoms with Gasteiger partial charge in [-0.15, -0.1) is 0 Å². The zero-order valence-electron chi connectivity index (χ0n) is 11.9. The Balaban J connectivity index is 2.05. The summed E-state index contributed by atoms with van der Waals surface area (Å²) in [4.78, 5) is 11.9. The molecule has 0 bridgehead atoms. The largest absolute Gasteiger partial charge is 0.497 e. The fourth-order valence-corrected chi connectivity index (χ4v) is 2.51. The Kier molecular flexibility index (Phi) is 5.38. The maximum absolute atomic E-state index is 11.9. The summed E-state index contributed by atoms with van der Waals surface area (Å²) in [7, 11) is 1.62. The summed E-state index contributed by atoms with van der Waals surface area (Å²) in [5.74, 6) is 0.619. The molecule has 1 N–H and O–H groups in total. The predicted octanol–water partition coefficient (Wildman–Crippen LogP) is 4.26. The molecule has 0 aromatic heterocycles. The Labute approximate surface area is 138 Å². The van der Waals surface area contributed by atoms with E-state index < -0.39 is 0 Å². The van der Waals surface area contributed by atoms with Crippen molar-refractivity contribution in [2.75, 3.05) is 12.4 Å². The highest BCUT2D eigenvalue weighted by Gasteiger charge is 2.02. The highest BCUT2D eigenvalue weighted by molar-refractivity contribution is 14.1. The number of carbonyl (C=O) groups excluding carboxylic acids is 1. The van der Waals surface area contributed by atoms with E-state index in [1.54, 1.807) is 13.2 Å². The Morgan fingerprint density at radius 2 is 2.05 bits per heavy atom. The minimum Gasteiger partial charge on any atom is -0.497 e. The van der Waals surface area contributed by atoms with E-state index in [2.05, 4.69) is 27.9 Å². The van der Waals surface area contributed by atoms with Crippen LogP contribution in [0.5, 0.6) is 5.75 Å². The average Bonchev–Trinajstić information content (AvgIpc) is 2.48. The van der Waals surface area contributed by atoms with E-state index in [0.717, 1.165) is 26.1 Å². The third-order valence-electron chi connectivity index (χ3n) is 2.97. The summed E-state index contributed by atoms with van der Waals surface area (Å²) in [6, 6.07) is 13.5. The topological polar surface area (TPSA) is 38.3 Å². The van der Waals surface area contributed by atoms with Gasteiger partial charge in [0.15, 0.2) is 0 Å². The third kappa shape index (κ3) is 4.60. The molecule has 0 heterocycles. The Morgan fingerprint density at radius 1 is 1.24 bits per heavy atom. The van der Waals surface area contributed by atoms with E-state index in [1.165, 1.54) is 6.08 Å². The summed E-state index contributed by atoms with van der Waals surface area (Å²) in [5.41, 5.74) is 2.80. The number of rotatable bonds is 4. The van der Waals surface area contributed by atoms with E-state index >= 15 is 0 Å². The van der Waals surface area contributed by atoms with Crippen LogP contribution in [0, 0.1) is 10.5 Å². The van der Waals surface area contributed by atoms with Crippen LogP contribution in [0.1, 0.15) is 11.1 Å². The number of ether oxygens (including phenoxy) is 1. The first-order valence-electron chi connectivity index (χ1n) is 6.48. The van der Waals surface area contributed by atoms with E-state index in [4.69, 9.17) is 4.74 Å². The molecule has 4 heteroatoms. The molecule has 0 atom stereocenters. The van der Waals surface area contributed by atoms with Gasteiger partial charge in [-0.1, -0.05) is 12.1 Å². The van der Waals surface area contributed by atoms with E-state index in [1.807, 2.05) is 49.4 Å². The number of methoxy groups -OCH3 is 1. The van der Waals surface area contributed by atoms with Gasteiger partial charge in [0, 0.05) is 15.3 Å². The summed E-state index contributed by atoms with van der Waals surface area (Å²) in [5, 5.41) is 2.88. The molecule has 0 saturated carbocycles. The molecule has 108 valence electrons. The van der Waals surface area contributed by atoms with Crippen molar-refractivity contribution in [3.63, 3.8) is 0 Å². The molecule has 2 aromatic carbocycles. The van der Waals surface area contributed by atoms with E-state index in [9.17, 15) is 4.79 Å². The lowest BCUT2D eigenvalue weighted by Gasteiger charge is -2.06. The van der Waals surface area contributed by atoms with Crippen LogP contribution in [0.25, 0.3) is 6.08 Å². The maximum Gasteiger partial charge on any atom is 0.248 e. The number of nitrogens with one attached hydrogen (secondary N) is 1. The third-order valence-corrected chi connectivity index (χ3v) is 3.64. The van der Waals surface area contributed by atoms with Crippen molar-refractivity contribution in [2.24, 2.45) is 0 Å². The molecule has 2 aromatic rings. The van der Waals surface area contributed by atoms with Crippen molar-refractivity contribution in [1.82, 2.24) is 0 Å². The molecule has 0 saturated heterocycles. The maximum atomic E-state index is 11.9. The molecule has 0 spiro atoms. The molecule has 0 unspecified atom stereocenters. The molecule has 0 radical (unpaired) electrons. The van der Waals surface area contributed by atoms with Gasteiger partial charge >= 0.3 is 0 Å². The van der Waals surface area contributed by atoms with E-state index in [-0.39, 0.29) is 5.91 Å². The van der Waals surface area contributed by atoms with Gasteiger partial charge in [0.05, 0.1) is 7.11 Å². The second-order valence-corrected chi connectivity index (χ2v) is 5.80. The SMILES string of the molecule is COc1cccc(/C=C/C(=O)Nc2ccc(I)cc2C)c1. The van der Waals surface area contributed by atoms with Crippen molar-refractivity contribution in [1.29, 1.82) is 0 Å². The van der Waals surface area contributed by atoms with Crippen LogP contribution in [0.15, 0.2) is 48.5 Å². The van der Waals surface area contributed by atoms with Crippen molar-refractivity contribution in [3.8, 4) is 5.75 Å². The molecule has 2 rings (SSSR count). The fraction of sp³-hybridized carbons (Fsp3) is 0.118. The molecule has 21 heavy (non-hydrogen) atoms. The van der Waals surface area contributed by atoms with Crippen LogP contribution in [0.2, 0.25) is 0 Å². The van der Waals surface area contributed by atoms with Gasteiger partial charge in [-0.25, -0.2) is 0 Å². The highest BCUT2D eigenvalue weighted by Crippen LogP contribution is 2.18. The summed E-state index contributed by atoms with van der Waals surface area (Å²) >= 11 is 2.25. The second kappa shape index (κ2) is 7.26. The molecular weight excluding hydrogens is 377 g/mol. The zero-order valence-corrected chi connectivity index (χ0v) is 14.0. The smallest absolute Gasteiger partial charge is 0.248 e. The van der Waals surface area contributed by atoms with Gasteiger partial charge in [0.1, 0.15) is 5.75 Å². The van der Waals surface area contributed by atoms with Crippen molar-refractivity contribution < 1.29 is 9.53 Å². The number of aryl methyl sites for hydroxylation is 1. The van der Waals surface area contributed by atoms with Gasteiger partial charge in [-0.2, -0.15) is 0 Å². The molecule has 0 fully saturated rings. The van der Waals surface area contributed by atoms with Crippen LogP contribution >= 0.6 is 22.6 Å². The summed E-state index contributed by atoms with van der Waals surface area (Å²) in [6.07, 6.45) is 3.28. The van der Waals surface area contributed by atoms with Crippen LogP contribution in [-0.2, 0) is 4.79 Å². The zero-order chi connectivity index (χ0) is 15.2. The van der Waals surface area contributed by atoms with E-state index in [0.29, 0.717) is 0 Å². The lowest BCUT2D eigenvalue weighted by atomic mass is 10.2. The predicted molar refractivity (Wildman–Crippen MR) is 94.6 cm³/mol. The second-order valence-electron chi connectivity index (χ2n) is 4.56. The number of halogens is 1. The molecule has 0 aliphatic rings. The van der Waals surface area contributed by atoms with Crippen LogP contribution in [0.3, 0.4) is 0 Å². The number of anilines is 1. The van der Waals surface area contributed by atoms with Gasteiger partial charge in [0.2, 0.25) is 5.91 Å². The molecule has 0 aliphatic heterocycles. The van der Waals surface area contributed by atoms with Crippen molar-refractivity contribution in [3.05, 3.63) is 63.2 Å². The number of hydrogen-bond donors (Lipinski definition) is 1. The van der Waals surface area contributed by atoms with Crippen molar-refractivity contribution in [2.45, 2.75) is 6.92 Å². The Bertz CT molecular complexity index is 680. The summed E-state index contributed by atoms with van der Waals surface area (Å²) in [6.45, 7) is 1.98. The lowest BCUT2D eigenvalue weighted by molar-refractivity contribution is -0.111. The monoisotopic (exact) mass is 393 g/mol. The Morgan fingerprint density at radius 3 is 2.76 bits per heavy atom. The normalized spacial score (nSPS) is 10.6. The first-order chi connectivity index (χ1) is 10.1. The van der Waals surface area contributed by atoms with Crippen molar-refractivity contribution >= 4 is 40.3 Å². The van der Waals surface area contributed by atoms with Crippen LogP contribution < -0.4 is 10.1 Å². The molecule has 1 amide bonds. The number of hydrogen-bond acceptors (Lipinski definition) is 2. The quantitative estimate of drug-likeness (QED) is 0.623. The number of carbonyl (C=O) groups is 1. The number of amides is 1. The van der Waals surface area contributed by atoms with Gasteiger partial charge in [-0.3, -0.25) is 4.79 Å². The minimum atomic E-state index is -0.151. The van der Waals surface area contributed by atoms with Crippen LogP contribution in [-0.4, -0.2) is 13.0 Å². The highest BCUT2D eigenvalue weighted by atomic mass is 127. The Hall–Kier alpha value is -1.82. The molecule has 3 nitrogen and oxygen atoms in total. The van der Waals surface area contributed by atoms with Gasteiger partial charge < -0.3 is 10.1 Å². The minimum absolute atomic E-state index is 0.151. The van der Waals surface area contributed by atoms with Gasteiger partial charge in [0.25, 0.3) is 0 Å². The fourth-order valence-electron chi connectivity index (χ4n) is 1.86. The standard InChI is InChI=1S/C17H16INO2/c1-12-10-14(18)7-8-16(12)19-17(20)9-6-13-4-3-5-15(11-13)21-2/h3-11H,1-2H3,(H,19,20)/b9-6+.